The zero-order valence-electron chi connectivity index (χ0n) is 23.0. The van der Waals surface area contributed by atoms with E-state index < -0.39 is 0 Å². The SMILES string of the molecule is Cc1ccc(NC(=O)COc2ccc(Cl)cc2/C=C2\S/C(=N/N=C\c3cc(Br)cc(Br)c3O)N(Cc3ccco3)C2=O)cc1. The molecule has 5 rings (SSSR count). The second-order valence-electron chi connectivity index (χ2n) is 9.42. The molecule has 13 heteroatoms. The molecule has 2 N–H and O–H groups in total. The number of phenols is 1. The second-order valence-corrected chi connectivity index (χ2v) is 12.6. The van der Waals surface area contributed by atoms with E-state index in [2.05, 4.69) is 47.4 Å². The van der Waals surface area contributed by atoms with Gasteiger partial charge in [0, 0.05) is 26.3 Å². The van der Waals surface area contributed by atoms with Crippen molar-refractivity contribution in [2.75, 3.05) is 11.9 Å². The van der Waals surface area contributed by atoms with E-state index in [0.29, 0.717) is 47.9 Å². The second kappa shape index (κ2) is 14.3. The molecule has 1 aliphatic rings. The molecule has 0 unspecified atom stereocenters. The Labute approximate surface area is 278 Å². The number of amides is 2. The van der Waals surface area contributed by atoms with E-state index in [1.54, 1.807) is 48.5 Å². The Kier molecular flexibility index (Phi) is 10.3. The van der Waals surface area contributed by atoms with Gasteiger partial charge in [-0.3, -0.25) is 14.5 Å². The maximum absolute atomic E-state index is 13.6. The molecule has 0 aliphatic carbocycles. The van der Waals surface area contributed by atoms with Crippen molar-refractivity contribution in [2.24, 2.45) is 10.2 Å². The summed E-state index contributed by atoms with van der Waals surface area (Å²) in [7, 11) is 0. The number of carbonyl (C=O) groups excluding carboxylic acids is 2. The molecule has 1 saturated heterocycles. The van der Waals surface area contributed by atoms with Crippen LogP contribution in [-0.4, -0.2) is 39.8 Å². The fourth-order valence-electron chi connectivity index (χ4n) is 3.99. The number of aryl methyl sites for hydroxylation is 1. The van der Waals surface area contributed by atoms with Gasteiger partial charge in [-0.15, -0.1) is 5.10 Å². The number of ether oxygens (including phenoxy) is 1. The van der Waals surface area contributed by atoms with Crippen LogP contribution in [0.3, 0.4) is 0 Å². The maximum atomic E-state index is 13.6. The number of carbonyl (C=O) groups is 2. The van der Waals surface area contributed by atoms with Gasteiger partial charge in [0.15, 0.2) is 11.8 Å². The van der Waals surface area contributed by atoms with Crippen LogP contribution in [0, 0.1) is 6.92 Å². The van der Waals surface area contributed by atoms with Crippen LogP contribution in [0.25, 0.3) is 6.08 Å². The van der Waals surface area contributed by atoms with Gasteiger partial charge >= 0.3 is 0 Å². The van der Waals surface area contributed by atoms with Crippen molar-refractivity contribution in [3.63, 3.8) is 0 Å². The minimum absolute atomic E-state index is 0.00126. The third-order valence-electron chi connectivity index (χ3n) is 6.13. The van der Waals surface area contributed by atoms with Crippen molar-refractivity contribution in [1.29, 1.82) is 0 Å². The molecule has 1 fully saturated rings. The lowest BCUT2D eigenvalue weighted by Crippen LogP contribution is -2.28. The predicted molar refractivity (Wildman–Crippen MR) is 180 cm³/mol. The van der Waals surface area contributed by atoms with Crippen molar-refractivity contribution in [3.8, 4) is 11.5 Å². The van der Waals surface area contributed by atoms with Crippen LogP contribution in [0.4, 0.5) is 5.69 Å². The van der Waals surface area contributed by atoms with Gasteiger partial charge in [0.2, 0.25) is 0 Å². The average Bonchev–Trinajstić information content (AvgIpc) is 3.60. The van der Waals surface area contributed by atoms with Crippen LogP contribution in [0.5, 0.6) is 11.5 Å². The average molecular weight is 759 g/mol. The van der Waals surface area contributed by atoms with Gasteiger partial charge in [-0.25, -0.2) is 0 Å². The summed E-state index contributed by atoms with van der Waals surface area (Å²) in [6, 6.07) is 19.2. The molecular weight excluding hydrogens is 736 g/mol. The molecule has 2 heterocycles. The quantitative estimate of drug-likeness (QED) is 0.102. The highest BCUT2D eigenvalue weighted by Gasteiger charge is 2.34. The molecule has 0 bridgehead atoms. The van der Waals surface area contributed by atoms with Gasteiger partial charge in [-0.1, -0.05) is 45.2 Å². The Hall–Kier alpha value is -3.84. The number of thioether (sulfide) groups is 1. The zero-order chi connectivity index (χ0) is 31.2. The third kappa shape index (κ3) is 8.00. The lowest BCUT2D eigenvalue weighted by Gasteiger charge is -2.13. The Morgan fingerprint density at radius 1 is 1.14 bits per heavy atom. The Bertz CT molecular complexity index is 1790. The van der Waals surface area contributed by atoms with Crippen LogP contribution in [-0.2, 0) is 16.1 Å². The molecule has 9 nitrogen and oxygen atoms in total. The summed E-state index contributed by atoms with van der Waals surface area (Å²) in [5, 5.41) is 22.3. The maximum Gasteiger partial charge on any atom is 0.267 e. The number of hydrogen-bond donors (Lipinski definition) is 2. The van der Waals surface area contributed by atoms with E-state index in [0.717, 1.165) is 21.8 Å². The van der Waals surface area contributed by atoms with Crippen LogP contribution in [0.2, 0.25) is 5.02 Å². The highest BCUT2D eigenvalue weighted by molar-refractivity contribution is 9.11. The molecular formula is C31H23Br2ClN4O5S. The van der Waals surface area contributed by atoms with Gasteiger partial charge in [0.25, 0.3) is 11.8 Å². The summed E-state index contributed by atoms with van der Waals surface area (Å²) in [6.07, 6.45) is 4.54. The van der Waals surface area contributed by atoms with Crippen LogP contribution in [0.15, 0.2) is 101 Å². The Balaban J connectivity index is 1.39. The fourth-order valence-corrected chi connectivity index (χ4v) is 6.35. The topological polar surface area (TPSA) is 117 Å². The first kappa shape index (κ1) is 31.6. The van der Waals surface area contributed by atoms with E-state index in [9.17, 15) is 14.7 Å². The first-order valence-electron chi connectivity index (χ1n) is 13.0. The van der Waals surface area contributed by atoms with E-state index in [4.69, 9.17) is 20.8 Å². The number of aromatic hydroxyl groups is 1. The lowest BCUT2D eigenvalue weighted by atomic mass is 10.2. The van der Waals surface area contributed by atoms with E-state index >= 15 is 0 Å². The number of halogens is 3. The van der Waals surface area contributed by atoms with E-state index in [1.807, 2.05) is 31.2 Å². The number of nitrogens with one attached hydrogen (secondary N) is 1. The normalized spacial score (nSPS) is 15.1. The Morgan fingerprint density at radius 2 is 1.93 bits per heavy atom. The molecule has 0 radical (unpaired) electrons. The standard InChI is InChI=1S/C31H23Br2ClN4O5S/c1-18-4-7-23(8-5-18)36-28(39)17-43-26-9-6-22(34)12-19(26)13-27-30(41)38(16-24-3-2-10-42-24)31(44-27)37-35-15-20-11-21(32)14-25(33)29(20)40/h2-15,40H,16-17H2,1H3,(H,36,39)/b27-13-,35-15-,37-31+. The van der Waals surface area contributed by atoms with Crippen molar-refractivity contribution >= 4 is 90.2 Å². The molecule has 1 aromatic heterocycles. The minimum Gasteiger partial charge on any atom is -0.506 e. The zero-order valence-corrected chi connectivity index (χ0v) is 27.7. The van der Waals surface area contributed by atoms with Crippen LogP contribution < -0.4 is 10.1 Å². The summed E-state index contributed by atoms with van der Waals surface area (Å²) < 4.78 is 12.5. The molecule has 3 aromatic carbocycles. The van der Waals surface area contributed by atoms with Crippen molar-refractivity contribution in [2.45, 2.75) is 13.5 Å². The molecule has 2 amide bonds. The summed E-state index contributed by atoms with van der Waals surface area (Å²) in [5.41, 5.74) is 2.66. The number of hydrogen-bond acceptors (Lipinski definition) is 8. The number of furan rings is 1. The van der Waals surface area contributed by atoms with Crippen molar-refractivity contribution in [1.82, 2.24) is 4.90 Å². The number of benzene rings is 3. The molecule has 44 heavy (non-hydrogen) atoms. The number of nitrogens with zero attached hydrogens (tertiary/aromatic N) is 3. The van der Waals surface area contributed by atoms with Gasteiger partial charge in [-0.05, 0) is 95.3 Å². The number of rotatable bonds is 9. The third-order valence-corrected chi connectivity index (χ3v) is 8.43. The van der Waals surface area contributed by atoms with Crippen LogP contribution >= 0.6 is 55.2 Å². The molecule has 1 aliphatic heterocycles. The van der Waals surface area contributed by atoms with Gasteiger partial charge in [0.05, 0.1) is 28.4 Å². The highest BCUT2D eigenvalue weighted by Crippen LogP contribution is 2.36. The summed E-state index contributed by atoms with van der Waals surface area (Å²) in [6.45, 7) is 1.83. The van der Waals surface area contributed by atoms with Gasteiger partial charge in [0.1, 0.15) is 17.3 Å². The highest BCUT2D eigenvalue weighted by atomic mass is 79.9. The van der Waals surface area contributed by atoms with Crippen molar-refractivity contribution in [3.05, 3.63) is 114 Å². The molecule has 4 aromatic rings. The number of anilines is 1. The molecule has 0 atom stereocenters. The molecule has 0 saturated carbocycles. The van der Waals surface area contributed by atoms with E-state index in [-0.39, 0.29) is 30.7 Å². The predicted octanol–water partition coefficient (Wildman–Crippen LogP) is 8.00. The first-order valence-corrected chi connectivity index (χ1v) is 15.8. The summed E-state index contributed by atoms with van der Waals surface area (Å²) >= 11 is 14.1. The smallest absolute Gasteiger partial charge is 0.267 e. The first-order chi connectivity index (χ1) is 21.2. The number of phenolic OH excluding ortho intramolecular Hbond substituents is 1. The number of amidine groups is 1. The van der Waals surface area contributed by atoms with Gasteiger partial charge < -0.3 is 19.6 Å². The minimum atomic E-state index is -0.339. The lowest BCUT2D eigenvalue weighted by molar-refractivity contribution is -0.122. The molecule has 0 spiro atoms. The van der Waals surface area contributed by atoms with E-state index in [1.165, 1.54) is 17.4 Å². The van der Waals surface area contributed by atoms with Crippen LogP contribution in [0.1, 0.15) is 22.5 Å². The van der Waals surface area contributed by atoms with Gasteiger partial charge in [-0.2, -0.15) is 5.10 Å². The van der Waals surface area contributed by atoms with Crippen molar-refractivity contribution < 1.29 is 23.8 Å². The summed E-state index contributed by atoms with van der Waals surface area (Å²) in [4.78, 5) is 27.9. The molecule has 224 valence electrons. The largest absolute Gasteiger partial charge is 0.506 e. The summed E-state index contributed by atoms with van der Waals surface area (Å²) in [5.74, 6) is 0.245. The fraction of sp³-hybridized carbons (Fsp3) is 0.0968. The Morgan fingerprint density at radius 3 is 2.68 bits per heavy atom. The monoisotopic (exact) mass is 756 g/mol.